The van der Waals surface area contributed by atoms with Crippen LogP contribution in [0.2, 0.25) is 0 Å². The summed E-state index contributed by atoms with van der Waals surface area (Å²) in [6.45, 7) is 4.33. The number of nitrogens with zero attached hydrogens (tertiary/aromatic N) is 2. The second-order valence-electron chi connectivity index (χ2n) is 8.42. The summed E-state index contributed by atoms with van der Waals surface area (Å²) in [6.07, 6.45) is 5.61. The number of piperidine rings is 1. The van der Waals surface area contributed by atoms with Crippen LogP contribution in [0.5, 0.6) is 11.5 Å². The molecule has 0 bridgehead atoms. The number of carbonyl (C=O) groups is 1. The highest BCUT2D eigenvalue weighted by molar-refractivity contribution is 5.95. The molecular formula is C23H27N3O4. The van der Waals surface area contributed by atoms with Gasteiger partial charge in [0.2, 0.25) is 6.79 Å². The molecule has 7 nitrogen and oxygen atoms in total. The number of fused-ring (bicyclic) bond motifs is 1. The summed E-state index contributed by atoms with van der Waals surface area (Å²) in [5.41, 5.74) is 1.87. The second kappa shape index (κ2) is 7.80. The minimum atomic E-state index is -0.166. The average molecular weight is 409 g/mol. The number of amides is 1. The van der Waals surface area contributed by atoms with Crippen LogP contribution in [0, 0.1) is 6.92 Å². The standard InChI is InChI=1S/C23H27N3O4/c1-15-8-11-25(18-6-9-24-10-7-18)22(27)21(15)23(28)26(17-3-4-17)13-16-2-5-19-20(12-16)30-14-29-19/h2,5,8,11-12,17-18,24H,3-4,6-7,9-10,13-14H2,1H3. The Morgan fingerprint density at radius 3 is 2.67 bits per heavy atom. The van der Waals surface area contributed by atoms with Crippen molar-refractivity contribution in [1.29, 1.82) is 0 Å². The topological polar surface area (TPSA) is 72.8 Å². The van der Waals surface area contributed by atoms with E-state index in [0.29, 0.717) is 17.9 Å². The van der Waals surface area contributed by atoms with Crippen LogP contribution in [0.4, 0.5) is 0 Å². The third-order valence-electron chi connectivity index (χ3n) is 6.28. The van der Waals surface area contributed by atoms with Crippen LogP contribution in [0.15, 0.2) is 35.3 Å². The van der Waals surface area contributed by atoms with E-state index in [4.69, 9.17) is 9.47 Å². The van der Waals surface area contributed by atoms with Gasteiger partial charge in [-0.25, -0.2) is 0 Å². The fraction of sp³-hybridized carbons (Fsp3) is 0.478. The Kier molecular flexibility index (Phi) is 4.98. The molecule has 2 aliphatic heterocycles. The molecule has 7 heteroatoms. The molecule has 1 aromatic heterocycles. The Bertz CT molecular complexity index is 1020. The molecule has 2 fully saturated rings. The third kappa shape index (κ3) is 3.58. The predicted octanol–water partition coefficient (Wildman–Crippen LogP) is 2.61. The molecule has 1 aromatic carbocycles. The molecule has 3 aliphatic rings. The first kappa shape index (κ1) is 19.2. The molecule has 1 aliphatic carbocycles. The highest BCUT2D eigenvalue weighted by atomic mass is 16.7. The lowest BCUT2D eigenvalue weighted by molar-refractivity contribution is 0.0726. The molecule has 0 radical (unpaired) electrons. The molecule has 0 spiro atoms. The molecule has 3 heterocycles. The Balaban J connectivity index is 1.45. The lowest BCUT2D eigenvalue weighted by atomic mass is 10.0. The lowest BCUT2D eigenvalue weighted by Crippen LogP contribution is -2.40. The first-order chi connectivity index (χ1) is 14.6. The van der Waals surface area contributed by atoms with Crippen molar-refractivity contribution in [1.82, 2.24) is 14.8 Å². The van der Waals surface area contributed by atoms with Gasteiger partial charge in [0.1, 0.15) is 5.56 Å². The summed E-state index contributed by atoms with van der Waals surface area (Å²) in [4.78, 5) is 28.8. The van der Waals surface area contributed by atoms with Crippen molar-refractivity contribution in [3.63, 3.8) is 0 Å². The van der Waals surface area contributed by atoms with Gasteiger partial charge in [0, 0.05) is 24.8 Å². The minimum absolute atomic E-state index is 0.147. The second-order valence-corrected chi connectivity index (χ2v) is 8.42. The summed E-state index contributed by atoms with van der Waals surface area (Å²) in [5.74, 6) is 1.27. The molecular weight excluding hydrogens is 382 g/mol. The van der Waals surface area contributed by atoms with Gasteiger partial charge in [-0.3, -0.25) is 9.59 Å². The van der Waals surface area contributed by atoms with Gasteiger partial charge in [-0.2, -0.15) is 0 Å². The van der Waals surface area contributed by atoms with Gasteiger partial charge >= 0.3 is 0 Å². The van der Waals surface area contributed by atoms with E-state index in [9.17, 15) is 9.59 Å². The van der Waals surface area contributed by atoms with E-state index < -0.39 is 0 Å². The van der Waals surface area contributed by atoms with Crippen LogP contribution in [-0.4, -0.2) is 41.3 Å². The SMILES string of the molecule is Cc1ccn(C2CCNCC2)c(=O)c1C(=O)N(Cc1ccc2c(c1)OCO2)C1CC1. The fourth-order valence-electron chi connectivity index (χ4n) is 4.41. The average Bonchev–Trinajstić information content (AvgIpc) is 3.49. The number of ether oxygens (including phenoxy) is 2. The molecule has 0 atom stereocenters. The van der Waals surface area contributed by atoms with Crippen molar-refractivity contribution >= 4 is 5.91 Å². The van der Waals surface area contributed by atoms with E-state index in [1.165, 1.54) is 0 Å². The van der Waals surface area contributed by atoms with Crippen LogP contribution >= 0.6 is 0 Å². The summed E-state index contributed by atoms with van der Waals surface area (Å²) in [6, 6.07) is 8.01. The fourth-order valence-corrected chi connectivity index (χ4v) is 4.41. The maximum absolute atomic E-state index is 13.6. The van der Waals surface area contributed by atoms with Crippen LogP contribution in [-0.2, 0) is 6.54 Å². The number of aromatic nitrogens is 1. The van der Waals surface area contributed by atoms with Gasteiger partial charge in [-0.15, -0.1) is 0 Å². The Morgan fingerprint density at radius 1 is 1.13 bits per heavy atom. The number of benzene rings is 1. The van der Waals surface area contributed by atoms with Gasteiger partial charge in [0.05, 0.1) is 0 Å². The van der Waals surface area contributed by atoms with Crippen molar-refractivity contribution in [3.05, 3.63) is 57.5 Å². The number of carbonyl (C=O) groups excluding carboxylic acids is 1. The molecule has 0 unspecified atom stereocenters. The third-order valence-corrected chi connectivity index (χ3v) is 6.28. The zero-order valence-corrected chi connectivity index (χ0v) is 17.2. The van der Waals surface area contributed by atoms with Crippen molar-refractivity contribution in [2.45, 2.75) is 51.2 Å². The zero-order valence-electron chi connectivity index (χ0n) is 17.2. The Morgan fingerprint density at radius 2 is 1.90 bits per heavy atom. The van der Waals surface area contributed by atoms with Gasteiger partial charge < -0.3 is 24.3 Å². The number of aryl methyl sites for hydroxylation is 1. The van der Waals surface area contributed by atoms with Crippen molar-refractivity contribution in [2.24, 2.45) is 0 Å². The molecule has 2 aromatic rings. The quantitative estimate of drug-likeness (QED) is 0.822. The van der Waals surface area contributed by atoms with Crippen LogP contribution in [0.25, 0.3) is 0 Å². The van der Waals surface area contributed by atoms with Gasteiger partial charge in [-0.1, -0.05) is 6.07 Å². The maximum atomic E-state index is 13.6. The number of hydrogen-bond acceptors (Lipinski definition) is 5. The van der Waals surface area contributed by atoms with Gasteiger partial charge in [0.25, 0.3) is 11.5 Å². The molecule has 5 rings (SSSR count). The predicted molar refractivity (Wildman–Crippen MR) is 112 cm³/mol. The number of nitrogens with one attached hydrogen (secondary N) is 1. The highest BCUT2D eigenvalue weighted by Gasteiger charge is 2.35. The first-order valence-electron chi connectivity index (χ1n) is 10.7. The van der Waals surface area contributed by atoms with Crippen molar-refractivity contribution in [3.8, 4) is 11.5 Å². The van der Waals surface area contributed by atoms with E-state index in [1.807, 2.05) is 42.3 Å². The van der Waals surface area contributed by atoms with Gasteiger partial charge in [0.15, 0.2) is 11.5 Å². The number of rotatable bonds is 5. The minimum Gasteiger partial charge on any atom is -0.454 e. The number of pyridine rings is 1. The van der Waals surface area contributed by atoms with Crippen molar-refractivity contribution in [2.75, 3.05) is 19.9 Å². The zero-order chi connectivity index (χ0) is 20.7. The largest absolute Gasteiger partial charge is 0.454 e. The van der Waals surface area contributed by atoms with E-state index in [0.717, 1.165) is 55.6 Å². The summed E-state index contributed by atoms with van der Waals surface area (Å²) in [5, 5.41) is 3.33. The normalized spacial score (nSPS) is 18.4. The first-order valence-corrected chi connectivity index (χ1v) is 10.7. The van der Waals surface area contributed by atoms with E-state index >= 15 is 0 Å². The Labute approximate surface area is 175 Å². The lowest BCUT2D eigenvalue weighted by Gasteiger charge is -2.27. The molecule has 1 amide bonds. The monoisotopic (exact) mass is 409 g/mol. The van der Waals surface area contributed by atoms with E-state index in [2.05, 4.69) is 5.32 Å². The smallest absolute Gasteiger partial charge is 0.263 e. The van der Waals surface area contributed by atoms with Crippen LogP contribution < -0.4 is 20.3 Å². The Hall–Kier alpha value is -2.80. The maximum Gasteiger partial charge on any atom is 0.263 e. The van der Waals surface area contributed by atoms with E-state index in [-0.39, 0.29) is 30.3 Å². The van der Waals surface area contributed by atoms with Gasteiger partial charge in [-0.05, 0) is 75.0 Å². The summed E-state index contributed by atoms with van der Waals surface area (Å²) in [7, 11) is 0. The molecule has 1 saturated carbocycles. The molecule has 1 saturated heterocycles. The van der Waals surface area contributed by atoms with E-state index in [1.54, 1.807) is 4.57 Å². The molecule has 30 heavy (non-hydrogen) atoms. The molecule has 1 N–H and O–H groups in total. The highest BCUT2D eigenvalue weighted by Crippen LogP contribution is 2.35. The summed E-state index contributed by atoms with van der Waals surface area (Å²) >= 11 is 0. The number of hydrogen-bond donors (Lipinski definition) is 1. The van der Waals surface area contributed by atoms with Crippen LogP contribution in [0.3, 0.4) is 0 Å². The van der Waals surface area contributed by atoms with Crippen LogP contribution in [0.1, 0.15) is 53.2 Å². The van der Waals surface area contributed by atoms with Crippen molar-refractivity contribution < 1.29 is 14.3 Å². The molecule has 158 valence electrons. The summed E-state index contributed by atoms with van der Waals surface area (Å²) < 4.78 is 12.6.